The van der Waals surface area contributed by atoms with Crippen molar-refractivity contribution in [1.82, 2.24) is 26.3 Å². The van der Waals surface area contributed by atoms with Crippen LogP contribution in [0.4, 0.5) is 5.69 Å². The van der Waals surface area contributed by atoms with E-state index in [-0.39, 0.29) is 30.6 Å². The number of hydrogen-bond donors (Lipinski definition) is 7. The molecule has 3 aromatic rings. The van der Waals surface area contributed by atoms with Crippen molar-refractivity contribution in [3.8, 4) is 0 Å². The van der Waals surface area contributed by atoms with E-state index in [1.54, 1.807) is 6.07 Å². The molecule has 0 fully saturated rings. The van der Waals surface area contributed by atoms with E-state index in [9.17, 15) is 19.5 Å². The van der Waals surface area contributed by atoms with Crippen LogP contribution in [0.3, 0.4) is 0 Å². The molecule has 0 radical (unpaired) electrons. The zero-order valence-corrected chi connectivity index (χ0v) is 27.2. The van der Waals surface area contributed by atoms with Crippen LogP contribution in [0.5, 0.6) is 0 Å². The van der Waals surface area contributed by atoms with E-state index in [0.29, 0.717) is 36.4 Å². The molecule has 45 heavy (non-hydrogen) atoms. The molecule has 0 saturated carbocycles. The lowest BCUT2D eigenvalue weighted by Crippen LogP contribution is -2.59. The molecular formula is C35H50N6O4. The van der Waals surface area contributed by atoms with Crippen molar-refractivity contribution in [2.75, 3.05) is 12.8 Å². The molecule has 0 bridgehead atoms. The average molecular weight is 619 g/mol. The number of carbonyl (C=O) groups is 3. The molecule has 10 heteroatoms. The molecule has 2 aromatic carbocycles. The first-order valence-corrected chi connectivity index (χ1v) is 15.7. The third-order valence-corrected chi connectivity index (χ3v) is 7.86. The number of nitrogens with two attached hydrogens (primary N) is 1. The molecule has 3 rings (SSSR count). The molecule has 0 aliphatic rings. The number of anilines is 1. The first-order valence-electron chi connectivity index (χ1n) is 15.7. The minimum Gasteiger partial charge on any atom is -0.398 e. The Morgan fingerprint density at radius 1 is 0.933 bits per heavy atom. The van der Waals surface area contributed by atoms with Crippen LogP contribution in [0.15, 0.2) is 61.3 Å². The summed E-state index contributed by atoms with van der Waals surface area (Å²) >= 11 is 0. The number of carbonyl (C=O) groups excluding carboxylic acids is 3. The van der Waals surface area contributed by atoms with Crippen molar-refractivity contribution in [2.24, 2.45) is 11.8 Å². The molecule has 4 atom stereocenters. The van der Waals surface area contributed by atoms with Gasteiger partial charge in [0, 0.05) is 48.2 Å². The minimum atomic E-state index is -1.27. The van der Waals surface area contributed by atoms with Gasteiger partial charge in [-0.3, -0.25) is 19.7 Å². The van der Waals surface area contributed by atoms with E-state index in [4.69, 9.17) is 5.73 Å². The maximum Gasteiger partial charge on any atom is 0.243 e. The number of likely N-dealkylation sites (N-methyl/N-ethyl adjacent to an activating group) is 1. The van der Waals surface area contributed by atoms with Crippen molar-refractivity contribution < 1.29 is 19.5 Å². The highest BCUT2D eigenvalue weighted by atomic mass is 16.3. The van der Waals surface area contributed by atoms with Crippen molar-refractivity contribution in [3.05, 3.63) is 72.4 Å². The van der Waals surface area contributed by atoms with Gasteiger partial charge in [-0.15, -0.1) is 0 Å². The van der Waals surface area contributed by atoms with Crippen LogP contribution in [0.1, 0.15) is 64.5 Å². The lowest BCUT2D eigenvalue weighted by molar-refractivity contribution is -0.130. The zero-order chi connectivity index (χ0) is 33.1. The van der Waals surface area contributed by atoms with Gasteiger partial charge in [0.15, 0.2) is 0 Å². The van der Waals surface area contributed by atoms with Gasteiger partial charge in [0.1, 0.15) is 12.3 Å². The van der Waals surface area contributed by atoms with Gasteiger partial charge in [-0.1, -0.05) is 70.7 Å². The summed E-state index contributed by atoms with van der Waals surface area (Å²) in [5.41, 5.74) is 9.86. The number of aliphatic hydroxyl groups excluding tert-OH is 1. The van der Waals surface area contributed by atoms with Gasteiger partial charge in [0.25, 0.3) is 0 Å². The molecule has 0 saturated heterocycles. The minimum absolute atomic E-state index is 0.108. The quantitative estimate of drug-likeness (QED) is 0.0898. The predicted molar refractivity (Wildman–Crippen MR) is 181 cm³/mol. The maximum atomic E-state index is 13.9. The SMILES string of the molecule is C=C(CC(NC(O)C(CC(C)C)NC(=O)C(Cc1c[nH]c2ccccc12)NC(=O)CCC(C)C)C(=O)NC)c1ccccc1N. The number of aromatic amines is 1. The highest BCUT2D eigenvalue weighted by Gasteiger charge is 2.31. The van der Waals surface area contributed by atoms with E-state index < -0.39 is 30.3 Å². The van der Waals surface area contributed by atoms with Gasteiger partial charge >= 0.3 is 0 Å². The fourth-order valence-corrected chi connectivity index (χ4v) is 5.37. The molecule has 0 aliphatic heterocycles. The van der Waals surface area contributed by atoms with Gasteiger partial charge < -0.3 is 31.8 Å². The van der Waals surface area contributed by atoms with Gasteiger partial charge in [-0.25, -0.2) is 0 Å². The number of H-pyrrole nitrogens is 1. The smallest absolute Gasteiger partial charge is 0.243 e. The summed E-state index contributed by atoms with van der Waals surface area (Å²) in [7, 11) is 1.52. The summed E-state index contributed by atoms with van der Waals surface area (Å²) in [6, 6.07) is 12.6. The molecule has 1 heterocycles. The monoisotopic (exact) mass is 618 g/mol. The van der Waals surface area contributed by atoms with Crippen LogP contribution in [0, 0.1) is 11.8 Å². The molecule has 10 nitrogen and oxygen atoms in total. The fourth-order valence-electron chi connectivity index (χ4n) is 5.37. The lowest BCUT2D eigenvalue weighted by Gasteiger charge is -2.31. The van der Waals surface area contributed by atoms with E-state index >= 15 is 0 Å². The van der Waals surface area contributed by atoms with Crippen LogP contribution in [0.25, 0.3) is 16.5 Å². The number of aromatic nitrogens is 1. The number of fused-ring (bicyclic) bond motifs is 1. The number of benzene rings is 2. The predicted octanol–water partition coefficient (Wildman–Crippen LogP) is 3.87. The molecule has 4 unspecified atom stereocenters. The van der Waals surface area contributed by atoms with E-state index in [1.807, 2.05) is 76.4 Å². The Morgan fingerprint density at radius 3 is 2.29 bits per heavy atom. The molecule has 3 amide bonds. The first-order chi connectivity index (χ1) is 21.4. The van der Waals surface area contributed by atoms with E-state index in [2.05, 4.69) is 32.8 Å². The van der Waals surface area contributed by atoms with E-state index in [1.165, 1.54) is 7.05 Å². The second-order valence-electron chi connectivity index (χ2n) is 12.5. The van der Waals surface area contributed by atoms with Crippen molar-refractivity contribution in [1.29, 1.82) is 0 Å². The summed E-state index contributed by atoms with van der Waals surface area (Å²) in [6.07, 6.45) is 2.46. The largest absolute Gasteiger partial charge is 0.398 e. The van der Waals surface area contributed by atoms with Gasteiger partial charge in [-0.05, 0) is 54.4 Å². The third-order valence-electron chi connectivity index (χ3n) is 7.86. The van der Waals surface area contributed by atoms with Gasteiger partial charge in [0.2, 0.25) is 17.7 Å². The number of hydrogen-bond acceptors (Lipinski definition) is 6. The summed E-state index contributed by atoms with van der Waals surface area (Å²) < 4.78 is 0. The Kier molecular flexibility index (Phi) is 13.2. The van der Waals surface area contributed by atoms with Crippen molar-refractivity contribution >= 4 is 39.9 Å². The van der Waals surface area contributed by atoms with Gasteiger partial charge in [-0.2, -0.15) is 0 Å². The third kappa shape index (κ3) is 10.5. The zero-order valence-electron chi connectivity index (χ0n) is 27.2. The molecule has 8 N–H and O–H groups in total. The Morgan fingerprint density at radius 2 is 1.62 bits per heavy atom. The first kappa shape index (κ1) is 35.3. The Balaban J connectivity index is 1.81. The highest BCUT2D eigenvalue weighted by molar-refractivity contribution is 5.90. The van der Waals surface area contributed by atoms with Crippen LogP contribution >= 0.6 is 0 Å². The number of nitrogen functional groups attached to an aromatic ring is 1. The fraction of sp³-hybridized carbons (Fsp3) is 0.457. The summed E-state index contributed by atoms with van der Waals surface area (Å²) in [4.78, 5) is 42.9. The highest BCUT2D eigenvalue weighted by Crippen LogP contribution is 2.24. The van der Waals surface area contributed by atoms with E-state index in [0.717, 1.165) is 22.0 Å². The summed E-state index contributed by atoms with van der Waals surface area (Å²) in [5, 5.41) is 24.0. The number of nitrogens with one attached hydrogen (secondary N) is 5. The number of amides is 3. The standard InChI is InChI=1S/C35H50N6O4/c1-21(2)15-16-32(42)39-31(19-24-20-38-28-14-10-8-12-26(24)28)35(45)40-29(17-22(3)4)34(44)41-30(33(43)37-6)18-23(5)25-11-7-9-13-27(25)36/h7-14,20-22,29-31,34,38,41,44H,5,15-19,36H2,1-4,6H3,(H,37,43)(H,39,42)(H,40,45). The molecule has 1 aromatic heterocycles. The number of aliphatic hydroxyl groups is 1. The Labute approximate surface area is 266 Å². The average Bonchev–Trinajstić information content (AvgIpc) is 3.41. The van der Waals surface area contributed by atoms with Crippen molar-refractivity contribution in [2.45, 2.75) is 84.2 Å². The molecule has 244 valence electrons. The summed E-state index contributed by atoms with van der Waals surface area (Å²) in [6.45, 7) is 12.2. The number of para-hydroxylation sites is 2. The Bertz CT molecular complexity index is 1450. The maximum absolute atomic E-state index is 13.9. The van der Waals surface area contributed by atoms with Crippen LogP contribution < -0.4 is 27.0 Å². The topological polar surface area (TPSA) is 161 Å². The van der Waals surface area contributed by atoms with Gasteiger partial charge in [0.05, 0.1) is 12.1 Å². The second kappa shape index (κ2) is 16.8. The van der Waals surface area contributed by atoms with Crippen LogP contribution in [0.2, 0.25) is 0 Å². The normalized spacial score (nSPS) is 14.1. The molecule has 0 aliphatic carbocycles. The number of rotatable bonds is 17. The van der Waals surface area contributed by atoms with Crippen LogP contribution in [-0.4, -0.2) is 59.2 Å². The summed E-state index contributed by atoms with van der Waals surface area (Å²) in [5.74, 6) is -0.509. The van der Waals surface area contributed by atoms with Crippen LogP contribution in [-0.2, 0) is 20.8 Å². The molecular weight excluding hydrogens is 568 g/mol. The second-order valence-corrected chi connectivity index (χ2v) is 12.5. The molecule has 0 spiro atoms. The Hall–Kier alpha value is -4.15. The van der Waals surface area contributed by atoms with Crippen molar-refractivity contribution in [3.63, 3.8) is 0 Å². The lowest BCUT2D eigenvalue weighted by atomic mass is 9.96.